The van der Waals surface area contributed by atoms with Crippen molar-refractivity contribution in [2.75, 3.05) is 7.11 Å². The minimum Gasteiger partial charge on any atom is -0.493 e. The Labute approximate surface area is 144 Å². The molecule has 3 aromatic rings. The van der Waals surface area contributed by atoms with Gasteiger partial charge in [0.15, 0.2) is 11.5 Å². The van der Waals surface area contributed by atoms with E-state index in [9.17, 15) is 9.59 Å². The number of fused-ring (bicyclic) bond motifs is 1. The van der Waals surface area contributed by atoms with Crippen LogP contribution in [-0.4, -0.2) is 13.4 Å². The highest BCUT2D eigenvalue weighted by Crippen LogP contribution is 2.29. The molecule has 128 valence electrons. The average molecular weight is 338 g/mol. The predicted octanol–water partition coefficient (Wildman–Crippen LogP) is 3.81. The summed E-state index contributed by atoms with van der Waals surface area (Å²) in [5, 5.41) is 0.839. The molecule has 0 saturated carbocycles. The quantitative estimate of drug-likeness (QED) is 0.523. The molecule has 0 atom stereocenters. The van der Waals surface area contributed by atoms with Crippen LogP contribution in [0.5, 0.6) is 11.5 Å². The fourth-order valence-electron chi connectivity index (χ4n) is 2.63. The van der Waals surface area contributed by atoms with Gasteiger partial charge in [-0.05, 0) is 55.3 Å². The third-order valence-corrected chi connectivity index (χ3v) is 4.15. The van der Waals surface area contributed by atoms with Gasteiger partial charge in [0.05, 0.1) is 7.11 Å². The van der Waals surface area contributed by atoms with E-state index in [1.807, 2.05) is 26.0 Å². The van der Waals surface area contributed by atoms with E-state index in [0.29, 0.717) is 22.6 Å². The molecule has 0 spiro atoms. The van der Waals surface area contributed by atoms with Crippen molar-refractivity contribution in [3.8, 4) is 11.5 Å². The Hall–Kier alpha value is -3.08. The van der Waals surface area contributed by atoms with Gasteiger partial charge in [-0.15, -0.1) is 0 Å². The van der Waals surface area contributed by atoms with Crippen LogP contribution >= 0.6 is 0 Å². The third-order valence-electron chi connectivity index (χ3n) is 4.15. The first-order valence-corrected chi connectivity index (χ1v) is 7.82. The Balaban J connectivity index is 1.97. The summed E-state index contributed by atoms with van der Waals surface area (Å²) < 4.78 is 16.4. The second kappa shape index (κ2) is 6.81. The van der Waals surface area contributed by atoms with Crippen LogP contribution in [0, 0.1) is 13.8 Å². The van der Waals surface area contributed by atoms with Gasteiger partial charge in [-0.2, -0.15) is 0 Å². The molecule has 1 aromatic heterocycles. The summed E-state index contributed by atoms with van der Waals surface area (Å²) in [6.45, 7) is 4.16. The van der Waals surface area contributed by atoms with Gasteiger partial charge in [0.2, 0.25) is 0 Å². The third kappa shape index (κ3) is 3.40. The maximum Gasteiger partial charge on any atom is 0.336 e. The Morgan fingerprint density at radius 1 is 1.04 bits per heavy atom. The normalized spacial score (nSPS) is 10.7. The minimum absolute atomic E-state index is 0.182. The highest BCUT2D eigenvalue weighted by Gasteiger charge is 2.11. The van der Waals surface area contributed by atoms with Crippen molar-refractivity contribution in [1.82, 2.24) is 0 Å². The zero-order valence-corrected chi connectivity index (χ0v) is 14.3. The molecule has 0 amide bonds. The topological polar surface area (TPSA) is 65.7 Å². The number of carbonyl (C=O) groups is 1. The summed E-state index contributed by atoms with van der Waals surface area (Å²) in [7, 11) is 1.51. The van der Waals surface area contributed by atoms with Gasteiger partial charge < -0.3 is 13.9 Å². The first-order chi connectivity index (χ1) is 12.0. The van der Waals surface area contributed by atoms with Crippen molar-refractivity contribution in [2.24, 2.45) is 0 Å². The zero-order chi connectivity index (χ0) is 18.0. The molecule has 5 heteroatoms. The minimum atomic E-state index is -0.419. The van der Waals surface area contributed by atoms with E-state index in [1.165, 1.54) is 13.2 Å². The molecule has 3 rings (SSSR count). The lowest BCUT2D eigenvalue weighted by Crippen LogP contribution is -2.05. The molecule has 0 aliphatic carbocycles. The van der Waals surface area contributed by atoms with Crippen LogP contribution in [0.3, 0.4) is 0 Å². The van der Waals surface area contributed by atoms with E-state index in [1.54, 1.807) is 18.2 Å². The molecule has 0 saturated heterocycles. The first kappa shape index (κ1) is 16.8. The number of hydrogen-bond acceptors (Lipinski definition) is 5. The molecule has 2 aromatic carbocycles. The average Bonchev–Trinajstić information content (AvgIpc) is 2.61. The molecule has 5 nitrogen and oxygen atoms in total. The van der Waals surface area contributed by atoms with Crippen molar-refractivity contribution >= 4 is 17.3 Å². The predicted molar refractivity (Wildman–Crippen MR) is 94.7 cm³/mol. The van der Waals surface area contributed by atoms with Gasteiger partial charge in [0, 0.05) is 22.6 Å². The van der Waals surface area contributed by atoms with E-state index in [0.717, 1.165) is 28.4 Å². The maximum atomic E-state index is 11.8. The molecule has 0 radical (unpaired) electrons. The monoisotopic (exact) mass is 338 g/mol. The van der Waals surface area contributed by atoms with Gasteiger partial charge in [-0.25, -0.2) is 4.79 Å². The van der Waals surface area contributed by atoms with Crippen LogP contribution in [0.1, 0.15) is 27.0 Å². The summed E-state index contributed by atoms with van der Waals surface area (Å²) in [6, 6.07) is 10.2. The van der Waals surface area contributed by atoms with Crippen LogP contribution in [0.2, 0.25) is 0 Å². The Morgan fingerprint density at radius 2 is 1.80 bits per heavy atom. The summed E-state index contributed by atoms with van der Waals surface area (Å²) in [5.41, 5.74) is 3.52. The van der Waals surface area contributed by atoms with E-state index in [-0.39, 0.29) is 6.61 Å². The number of benzene rings is 2. The van der Waals surface area contributed by atoms with Crippen molar-refractivity contribution in [3.63, 3.8) is 0 Å². The second-order valence-corrected chi connectivity index (χ2v) is 5.84. The number of aryl methyl sites for hydroxylation is 2. The molecule has 25 heavy (non-hydrogen) atoms. The van der Waals surface area contributed by atoms with Gasteiger partial charge in [-0.3, -0.25) is 4.79 Å². The van der Waals surface area contributed by atoms with Gasteiger partial charge >= 0.3 is 5.63 Å². The number of aldehydes is 1. The number of carbonyl (C=O) groups excluding carboxylic acids is 1. The molecule has 0 unspecified atom stereocenters. The fraction of sp³-hybridized carbons (Fsp3) is 0.200. The lowest BCUT2D eigenvalue weighted by atomic mass is 10.0. The van der Waals surface area contributed by atoms with Crippen LogP contribution in [0.25, 0.3) is 11.0 Å². The van der Waals surface area contributed by atoms with Crippen molar-refractivity contribution in [3.05, 3.63) is 69.1 Å². The smallest absolute Gasteiger partial charge is 0.336 e. The van der Waals surface area contributed by atoms with Crippen LogP contribution < -0.4 is 15.1 Å². The Morgan fingerprint density at radius 3 is 2.52 bits per heavy atom. The maximum absolute atomic E-state index is 11.8. The van der Waals surface area contributed by atoms with Crippen LogP contribution in [0.4, 0.5) is 0 Å². The van der Waals surface area contributed by atoms with Crippen molar-refractivity contribution < 1.29 is 18.7 Å². The number of ether oxygens (including phenoxy) is 2. The van der Waals surface area contributed by atoms with Crippen molar-refractivity contribution in [1.29, 1.82) is 0 Å². The first-order valence-electron chi connectivity index (χ1n) is 7.82. The number of hydrogen-bond donors (Lipinski definition) is 0. The van der Waals surface area contributed by atoms with Crippen molar-refractivity contribution in [2.45, 2.75) is 20.5 Å². The standard InChI is InChI=1S/C20H18O5/c1-12-6-16-15(9-20(22)25-18(16)7-13(12)2)11-24-17-5-4-14(10-21)8-19(17)23-3/h4-10H,11H2,1-3H3. The Bertz CT molecular complexity index is 1000. The highest BCUT2D eigenvalue weighted by atomic mass is 16.5. The van der Waals surface area contributed by atoms with E-state index < -0.39 is 5.63 Å². The highest BCUT2D eigenvalue weighted by molar-refractivity contribution is 5.82. The number of methoxy groups -OCH3 is 1. The molecule has 1 heterocycles. The summed E-state index contributed by atoms with van der Waals surface area (Å²) in [6.07, 6.45) is 0.743. The van der Waals surface area contributed by atoms with E-state index in [2.05, 4.69) is 0 Å². The van der Waals surface area contributed by atoms with Gasteiger partial charge in [0.25, 0.3) is 0 Å². The van der Waals surface area contributed by atoms with Crippen LogP contribution in [-0.2, 0) is 6.61 Å². The van der Waals surface area contributed by atoms with E-state index >= 15 is 0 Å². The molecule has 0 N–H and O–H groups in total. The SMILES string of the molecule is COc1cc(C=O)ccc1OCc1cc(=O)oc2cc(C)c(C)cc12. The fourth-order valence-corrected chi connectivity index (χ4v) is 2.63. The summed E-state index contributed by atoms with van der Waals surface area (Å²) >= 11 is 0. The van der Waals surface area contributed by atoms with E-state index in [4.69, 9.17) is 13.9 Å². The summed E-state index contributed by atoms with van der Waals surface area (Å²) in [5.74, 6) is 0.960. The second-order valence-electron chi connectivity index (χ2n) is 5.84. The largest absolute Gasteiger partial charge is 0.493 e. The molecule has 0 bridgehead atoms. The summed E-state index contributed by atoms with van der Waals surface area (Å²) in [4.78, 5) is 22.7. The molecular weight excluding hydrogens is 320 g/mol. The van der Waals surface area contributed by atoms with Gasteiger partial charge in [0.1, 0.15) is 18.5 Å². The van der Waals surface area contributed by atoms with Crippen LogP contribution in [0.15, 0.2) is 45.6 Å². The molecule has 0 fully saturated rings. The lowest BCUT2D eigenvalue weighted by Gasteiger charge is -2.12. The molecular formula is C20H18O5. The lowest BCUT2D eigenvalue weighted by molar-refractivity contribution is 0.112. The number of rotatable bonds is 5. The molecule has 0 aliphatic heterocycles. The zero-order valence-electron chi connectivity index (χ0n) is 14.3. The van der Waals surface area contributed by atoms with Gasteiger partial charge in [-0.1, -0.05) is 0 Å². The Kier molecular flexibility index (Phi) is 4.57. The molecule has 0 aliphatic rings.